The molecule has 0 spiro atoms. The number of rotatable bonds is 12. The van der Waals surface area contributed by atoms with Gasteiger partial charge in [-0.2, -0.15) is 17.3 Å². The third kappa shape index (κ3) is 10.7. The summed E-state index contributed by atoms with van der Waals surface area (Å²) in [5.74, 6) is -1.31. The first-order valence-electron chi connectivity index (χ1n) is 13.2. The van der Waals surface area contributed by atoms with Crippen molar-refractivity contribution in [2.24, 2.45) is 0 Å². The van der Waals surface area contributed by atoms with Crippen LogP contribution in [0.5, 0.6) is 0 Å². The quantitative estimate of drug-likeness (QED) is 0.0530. The van der Waals surface area contributed by atoms with E-state index in [1.807, 2.05) is 13.8 Å². The Morgan fingerprint density at radius 1 is 0.917 bits per heavy atom. The van der Waals surface area contributed by atoms with Crippen molar-refractivity contribution >= 4 is 59.5 Å². The average molecular weight is 772 g/mol. The zero-order valence-electron chi connectivity index (χ0n) is 27.5. The van der Waals surface area contributed by atoms with Gasteiger partial charge in [-0.25, -0.2) is 16.8 Å². The fourth-order valence-corrected chi connectivity index (χ4v) is 7.40. The van der Waals surface area contributed by atoms with Crippen LogP contribution in [0.3, 0.4) is 0 Å². The Labute approximate surface area is 351 Å². The molecule has 2 aliphatic heterocycles. The average Bonchev–Trinajstić information content (AvgIpc) is 3.26. The Bertz CT molecular complexity index is 1950. The first kappa shape index (κ1) is 46.4. The maximum absolute atomic E-state index is 11.8. The van der Waals surface area contributed by atoms with Gasteiger partial charge < -0.3 is 19.3 Å². The summed E-state index contributed by atoms with van der Waals surface area (Å²) >= 11 is 0.691. The first-order chi connectivity index (χ1) is 20.7. The predicted octanol–water partition coefficient (Wildman–Crippen LogP) is -7.12. The summed E-state index contributed by atoms with van der Waals surface area (Å²) in [6, 6.07) is 8.85. The van der Waals surface area contributed by atoms with E-state index < -0.39 is 57.6 Å². The van der Waals surface area contributed by atoms with E-state index in [2.05, 4.69) is 9.37 Å². The van der Waals surface area contributed by atoms with Gasteiger partial charge in [0, 0.05) is 45.9 Å². The summed E-state index contributed by atoms with van der Waals surface area (Å²) in [4.78, 5) is 1.66. The summed E-state index contributed by atoms with van der Waals surface area (Å²) in [6.45, 7) is 6.94. The van der Waals surface area contributed by atoms with Gasteiger partial charge in [-0.1, -0.05) is 19.9 Å². The number of hydrogen-bond donors (Lipinski definition) is 1. The van der Waals surface area contributed by atoms with Crippen molar-refractivity contribution in [3.05, 3.63) is 71.5 Å². The summed E-state index contributed by atoms with van der Waals surface area (Å²) in [5, 5.41) is 13.8. The molecular formula is C27H30N2Na3O12S4+. The van der Waals surface area contributed by atoms with E-state index in [-0.39, 0.29) is 102 Å². The van der Waals surface area contributed by atoms with Crippen LogP contribution in [0, 0.1) is 0 Å². The predicted molar refractivity (Wildman–Crippen MR) is 160 cm³/mol. The molecule has 2 aromatic rings. The Kier molecular flexibility index (Phi) is 16.9. The first-order valence-corrected chi connectivity index (χ1v) is 18.6. The van der Waals surface area contributed by atoms with Crippen molar-refractivity contribution < 1.29 is 147 Å². The van der Waals surface area contributed by atoms with Gasteiger partial charge in [0.2, 0.25) is 5.69 Å². The minimum atomic E-state index is -4.79. The third-order valence-corrected chi connectivity index (χ3v) is 10.6. The number of anilines is 1. The fourth-order valence-electron chi connectivity index (χ4n) is 5.69. The Balaban J connectivity index is 0.00000384. The fraction of sp³-hybridized carbons (Fsp3) is 0.370. The molecule has 0 aliphatic carbocycles. The molecule has 0 saturated heterocycles. The van der Waals surface area contributed by atoms with E-state index in [1.54, 1.807) is 59.8 Å². The third-order valence-electron chi connectivity index (χ3n) is 7.82. The van der Waals surface area contributed by atoms with Crippen molar-refractivity contribution in [1.82, 2.24) is 0 Å². The van der Waals surface area contributed by atoms with Gasteiger partial charge >= 0.3 is 88.7 Å². The Morgan fingerprint density at radius 2 is 1.56 bits per heavy atom. The second kappa shape index (κ2) is 17.5. The molecule has 2 heterocycles. The zero-order valence-corrected chi connectivity index (χ0v) is 36.8. The maximum atomic E-state index is 11.8. The Morgan fingerprint density at radius 3 is 2.12 bits per heavy atom. The van der Waals surface area contributed by atoms with Crippen LogP contribution in [0.4, 0.5) is 11.4 Å². The van der Waals surface area contributed by atoms with Crippen molar-refractivity contribution in [1.29, 1.82) is 0 Å². The molecule has 0 fully saturated rings. The van der Waals surface area contributed by atoms with Crippen LogP contribution in [0.1, 0.15) is 38.8 Å². The molecule has 0 amide bonds. The number of hydrogen-bond acceptors (Lipinski definition) is 13. The van der Waals surface area contributed by atoms with Crippen LogP contribution < -0.4 is 98.8 Å². The van der Waals surface area contributed by atoms with E-state index in [1.165, 1.54) is 12.1 Å². The van der Waals surface area contributed by atoms with Gasteiger partial charge in [0.25, 0.3) is 10.1 Å². The van der Waals surface area contributed by atoms with Gasteiger partial charge in [-0.3, -0.25) is 9.59 Å². The summed E-state index contributed by atoms with van der Waals surface area (Å²) in [7, 11) is -13.7. The molecule has 246 valence electrons. The van der Waals surface area contributed by atoms with Crippen LogP contribution in [-0.2, 0) is 50.6 Å². The molecule has 4 rings (SSSR count). The second-order valence-corrected chi connectivity index (χ2v) is 16.7. The van der Waals surface area contributed by atoms with E-state index in [0.29, 0.717) is 45.3 Å². The summed E-state index contributed by atoms with van der Waals surface area (Å²) in [6.07, 6.45) is 5.03. The monoisotopic (exact) mass is 771 g/mol. The number of nitrogens with zero attached hydrogens (tertiary/aromatic N) is 2. The molecular weight excluding hydrogens is 742 g/mol. The smallest absolute Gasteiger partial charge is 0.748 e. The van der Waals surface area contributed by atoms with Crippen LogP contribution in [0.15, 0.2) is 70.1 Å². The van der Waals surface area contributed by atoms with Crippen molar-refractivity contribution in [3.8, 4) is 0 Å². The minimum absolute atomic E-state index is 0. The molecule has 21 heteroatoms. The van der Waals surface area contributed by atoms with Gasteiger partial charge in [0.05, 0.1) is 38.2 Å². The van der Waals surface area contributed by atoms with E-state index in [9.17, 15) is 44.2 Å². The second-order valence-electron chi connectivity index (χ2n) is 11.4. The topological polar surface area (TPSA) is 217 Å². The molecule has 48 heavy (non-hydrogen) atoms. The van der Waals surface area contributed by atoms with Crippen LogP contribution in [0.2, 0.25) is 0 Å². The largest absolute Gasteiger partial charge is 1.00 e. The summed E-state index contributed by atoms with van der Waals surface area (Å²) in [5.41, 5.74) is 1.73. The molecule has 0 aromatic heterocycles. The molecule has 0 atom stereocenters. The van der Waals surface area contributed by atoms with E-state index in [0.717, 1.165) is 11.6 Å². The maximum Gasteiger partial charge on any atom is 1.00 e. The van der Waals surface area contributed by atoms with Gasteiger partial charge in [-0.05, 0) is 55.8 Å². The van der Waals surface area contributed by atoms with Crippen LogP contribution in [0.25, 0.3) is 0 Å². The van der Waals surface area contributed by atoms with Gasteiger partial charge in [-0.15, -0.1) is 0 Å². The van der Waals surface area contributed by atoms with Crippen molar-refractivity contribution in [2.45, 2.75) is 48.3 Å². The molecule has 2 aromatic carbocycles. The molecule has 0 bridgehead atoms. The van der Waals surface area contributed by atoms with Crippen molar-refractivity contribution in [2.75, 3.05) is 29.5 Å². The van der Waals surface area contributed by atoms with Crippen LogP contribution >= 0.6 is 12.0 Å². The SMILES string of the molecule is CC1(C)C(C=C/C=C2/N(CCS(=O)(=O)[O-])c3ccc(S(=O)(=O)[O-])cc3C2(C)C)=[N+](CCS(=O)(=O)O)c2ccc(SOO[O-])cc21.[Na+].[Na+].[Na+]. The molecule has 0 radical (unpaired) electrons. The standard InChI is InChI=1S/C27H32N2O12S4.3Na/c1-26(2)20-16-18(42-41-40-30)8-10-22(20)28(12-14-43(31,32)33)24(26)6-5-7-25-27(3,4)21-17-19(45(37,38)39)9-11-23(21)29(25)13-15-44(34,35)36;;;/h5-11,16-17H,12-15H2,1-4H3,(H3-,30,31,32,33,34,35,36,37,38,39);;;/q;3*+1/p-2. The Hall–Kier alpha value is 0.350. The molecule has 2 aliphatic rings. The zero-order chi connectivity index (χ0) is 33.6. The van der Waals surface area contributed by atoms with Crippen LogP contribution in [-0.4, -0.2) is 73.8 Å². The van der Waals surface area contributed by atoms with Gasteiger partial charge in [0.15, 0.2) is 12.3 Å². The van der Waals surface area contributed by atoms with Gasteiger partial charge in [0.1, 0.15) is 15.9 Å². The number of allylic oxidation sites excluding steroid dienone is 4. The molecule has 0 unspecified atom stereocenters. The van der Waals surface area contributed by atoms with E-state index >= 15 is 0 Å². The molecule has 14 nitrogen and oxygen atoms in total. The summed E-state index contributed by atoms with van der Waals surface area (Å²) < 4.78 is 109. The molecule has 1 N–H and O–H groups in total. The van der Waals surface area contributed by atoms with Crippen molar-refractivity contribution in [3.63, 3.8) is 0 Å². The number of benzene rings is 2. The van der Waals surface area contributed by atoms with E-state index in [4.69, 9.17) is 0 Å². The molecule has 0 saturated carbocycles. The minimum Gasteiger partial charge on any atom is -0.748 e. The number of fused-ring (bicyclic) bond motifs is 2. The normalized spacial score (nSPS) is 17.5.